The van der Waals surface area contributed by atoms with Gasteiger partial charge in [-0.3, -0.25) is 14.9 Å². The third kappa shape index (κ3) is 4.30. The van der Waals surface area contributed by atoms with E-state index in [0.29, 0.717) is 10.7 Å². The van der Waals surface area contributed by atoms with Gasteiger partial charge in [0.1, 0.15) is 12.4 Å². The summed E-state index contributed by atoms with van der Waals surface area (Å²) >= 11 is 1.42. The summed E-state index contributed by atoms with van der Waals surface area (Å²) in [5.41, 5.74) is 2.45. The van der Waals surface area contributed by atoms with Crippen LogP contribution < -0.4 is 10.1 Å². The van der Waals surface area contributed by atoms with Crippen molar-refractivity contribution in [2.45, 2.75) is 11.5 Å². The summed E-state index contributed by atoms with van der Waals surface area (Å²) in [7, 11) is 0. The quantitative estimate of drug-likeness (QED) is 0.356. The van der Waals surface area contributed by atoms with Crippen molar-refractivity contribution >= 4 is 35.1 Å². The Morgan fingerprint density at radius 1 is 1.00 bits per heavy atom. The molecule has 4 rings (SSSR count). The normalized spacial score (nSPS) is 14.2. The Morgan fingerprint density at radius 3 is 2.52 bits per heavy atom. The highest BCUT2D eigenvalue weighted by atomic mass is 32.2. The first kappa shape index (κ1) is 18.8. The van der Waals surface area contributed by atoms with Crippen LogP contribution in [0.2, 0.25) is 0 Å². The molecule has 0 aromatic heterocycles. The van der Waals surface area contributed by atoms with Gasteiger partial charge in [0, 0.05) is 22.6 Å². The standard InChI is InChI=1S/C22H16N2O4S/c25-22-21(29-20-8-4-2-6-18(20)23-22)13-16-5-1-3-7-19(16)28-14-15-9-11-17(12-10-15)24(26)27/h1-13H,14H2,(H,23,25)/b21-13-. The van der Waals surface area contributed by atoms with E-state index < -0.39 is 4.92 Å². The topological polar surface area (TPSA) is 81.5 Å². The van der Waals surface area contributed by atoms with Crippen molar-refractivity contribution in [1.29, 1.82) is 0 Å². The van der Waals surface area contributed by atoms with Crippen molar-refractivity contribution in [2.75, 3.05) is 5.32 Å². The minimum absolute atomic E-state index is 0.0412. The Balaban J connectivity index is 1.53. The zero-order valence-corrected chi connectivity index (χ0v) is 16.0. The number of rotatable bonds is 5. The van der Waals surface area contributed by atoms with Crippen LogP contribution in [0.25, 0.3) is 6.08 Å². The molecule has 0 saturated carbocycles. The summed E-state index contributed by atoms with van der Waals surface area (Å²) < 4.78 is 5.91. The van der Waals surface area contributed by atoms with Crippen LogP contribution in [0.15, 0.2) is 82.6 Å². The summed E-state index contributed by atoms with van der Waals surface area (Å²) in [6, 6.07) is 21.3. The average molecular weight is 404 g/mol. The lowest BCUT2D eigenvalue weighted by Crippen LogP contribution is -2.17. The summed E-state index contributed by atoms with van der Waals surface area (Å²) in [5, 5.41) is 13.7. The third-order valence-electron chi connectivity index (χ3n) is 4.33. The van der Waals surface area contributed by atoms with E-state index in [1.54, 1.807) is 18.2 Å². The molecule has 0 spiro atoms. The number of hydrogen-bond donors (Lipinski definition) is 1. The van der Waals surface area contributed by atoms with Crippen molar-refractivity contribution in [3.05, 3.63) is 98.9 Å². The minimum atomic E-state index is -0.433. The van der Waals surface area contributed by atoms with Gasteiger partial charge in [-0.1, -0.05) is 42.1 Å². The molecule has 3 aromatic carbocycles. The largest absolute Gasteiger partial charge is 0.488 e. The fraction of sp³-hybridized carbons (Fsp3) is 0.0455. The number of nitro benzene ring substituents is 1. The molecule has 0 radical (unpaired) electrons. The molecule has 144 valence electrons. The van der Waals surface area contributed by atoms with Gasteiger partial charge < -0.3 is 10.1 Å². The summed E-state index contributed by atoms with van der Waals surface area (Å²) in [4.78, 5) is 24.3. The maximum atomic E-state index is 12.4. The number of hydrogen-bond acceptors (Lipinski definition) is 5. The predicted octanol–water partition coefficient (Wildman–Crippen LogP) is 5.26. The molecule has 1 N–H and O–H groups in total. The molecule has 0 atom stereocenters. The molecule has 0 aliphatic carbocycles. The predicted molar refractivity (Wildman–Crippen MR) is 113 cm³/mol. The lowest BCUT2D eigenvalue weighted by atomic mass is 10.1. The fourth-order valence-corrected chi connectivity index (χ4v) is 3.79. The van der Waals surface area contributed by atoms with Gasteiger partial charge in [-0.15, -0.1) is 0 Å². The van der Waals surface area contributed by atoms with Crippen LogP contribution in [0.3, 0.4) is 0 Å². The van der Waals surface area contributed by atoms with Crippen LogP contribution in [-0.2, 0) is 11.4 Å². The monoisotopic (exact) mass is 404 g/mol. The molecule has 0 saturated heterocycles. The molecule has 7 heteroatoms. The number of thioether (sulfide) groups is 1. The number of nitro groups is 1. The first-order valence-electron chi connectivity index (χ1n) is 8.85. The molecule has 3 aromatic rings. The molecule has 1 amide bonds. The van der Waals surface area contributed by atoms with Gasteiger partial charge in [-0.2, -0.15) is 0 Å². The second-order valence-electron chi connectivity index (χ2n) is 6.31. The molecule has 1 aliphatic rings. The van der Waals surface area contributed by atoms with Crippen LogP contribution in [0, 0.1) is 10.1 Å². The van der Waals surface area contributed by atoms with Crippen LogP contribution in [0.4, 0.5) is 11.4 Å². The molecular weight excluding hydrogens is 388 g/mol. The molecule has 29 heavy (non-hydrogen) atoms. The first-order chi connectivity index (χ1) is 14.1. The number of carbonyl (C=O) groups excluding carboxylic acids is 1. The Kier molecular flexibility index (Phi) is 5.31. The smallest absolute Gasteiger partial charge is 0.269 e. The second-order valence-corrected chi connectivity index (χ2v) is 7.39. The third-order valence-corrected chi connectivity index (χ3v) is 5.43. The number of benzene rings is 3. The number of ether oxygens (including phenoxy) is 1. The molecule has 0 bridgehead atoms. The van der Waals surface area contributed by atoms with E-state index in [4.69, 9.17) is 4.74 Å². The van der Waals surface area contributed by atoms with Crippen molar-refractivity contribution in [2.24, 2.45) is 0 Å². The Labute approximate surface area is 171 Å². The van der Waals surface area contributed by atoms with E-state index >= 15 is 0 Å². The number of para-hydroxylation sites is 2. The number of amides is 1. The maximum absolute atomic E-state index is 12.4. The van der Waals surface area contributed by atoms with Crippen LogP contribution >= 0.6 is 11.8 Å². The van der Waals surface area contributed by atoms with Crippen LogP contribution in [0.1, 0.15) is 11.1 Å². The molecule has 1 aliphatic heterocycles. The van der Waals surface area contributed by atoms with Crippen molar-refractivity contribution < 1.29 is 14.5 Å². The van der Waals surface area contributed by atoms with Gasteiger partial charge in [0.15, 0.2) is 0 Å². The van der Waals surface area contributed by atoms with E-state index in [1.165, 1.54) is 23.9 Å². The zero-order chi connectivity index (χ0) is 20.2. The number of nitrogens with zero attached hydrogens (tertiary/aromatic N) is 1. The molecular formula is C22H16N2O4S. The molecule has 1 heterocycles. The summed E-state index contributed by atoms with van der Waals surface area (Å²) in [5.74, 6) is 0.476. The second kappa shape index (κ2) is 8.20. The number of carbonyl (C=O) groups is 1. The van der Waals surface area contributed by atoms with E-state index in [2.05, 4.69) is 5.32 Å². The molecule has 6 nitrogen and oxygen atoms in total. The SMILES string of the molecule is O=C1Nc2ccccc2S/C1=C\c1ccccc1OCc1ccc([N+](=O)[O-])cc1. The van der Waals surface area contributed by atoms with Crippen LogP contribution in [0.5, 0.6) is 5.75 Å². The minimum Gasteiger partial charge on any atom is -0.488 e. The average Bonchev–Trinajstić information content (AvgIpc) is 2.74. The maximum Gasteiger partial charge on any atom is 0.269 e. The lowest BCUT2D eigenvalue weighted by Gasteiger charge is -2.18. The van der Waals surface area contributed by atoms with Crippen molar-refractivity contribution in [3.63, 3.8) is 0 Å². The first-order valence-corrected chi connectivity index (χ1v) is 9.67. The number of anilines is 1. The van der Waals surface area contributed by atoms with Gasteiger partial charge in [0.2, 0.25) is 0 Å². The number of fused-ring (bicyclic) bond motifs is 1. The highest BCUT2D eigenvalue weighted by Crippen LogP contribution is 2.39. The molecule has 0 unspecified atom stereocenters. The zero-order valence-electron chi connectivity index (χ0n) is 15.2. The van der Waals surface area contributed by atoms with Crippen molar-refractivity contribution in [1.82, 2.24) is 0 Å². The fourth-order valence-electron chi connectivity index (χ4n) is 2.85. The van der Waals surface area contributed by atoms with Gasteiger partial charge >= 0.3 is 0 Å². The van der Waals surface area contributed by atoms with E-state index in [1.807, 2.05) is 48.5 Å². The summed E-state index contributed by atoms with van der Waals surface area (Å²) in [6.45, 7) is 0.264. The summed E-state index contributed by atoms with van der Waals surface area (Å²) in [6.07, 6.45) is 1.81. The number of non-ortho nitro benzene ring substituents is 1. The Bertz CT molecular complexity index is 1110. The Morgan fingerprint density at radius 2 is 1.72 bits per heavy atom. The molecule has 0 fully saturated rings. The lowest BCUT2D eigenvalue weighted by molar-refractivity contribution is -0.384. The highest BCUT2D eigenvalue weighted by Gasteiger charge is 2.21. The van der Waals surface area contributed by atoms with Gasteiger partial charge in [-0.05, 0) is 42.0 Å². The van der Waals surface area contributed by atoms with E-state index in [9.17, 15) is 14.9 Å². The van der Waals surface area contributed by atoms with E-state index in [-0.39, 0.29) is 18.2 Å². The van der Waals surface area contributed by atoms with Gasteiger partial charge in [0.25, 0.3) is 11.6 Å². The van der Waals surface area contributed by atoms with Gasteiger partial charge in [0.05, 0.1) is 15.5 Å². The van der Waals surface area contributed by atoms with Gasteiger partial charge in [-0.25, -0.2) is 0 Å². The highest BCUT2D eigenvalue weighted by molar-refractivity contribution is 8.04. The Hall–Kier alpha value is -3.58. The van der Waals surface area contributed by atoms with Crippen molar-refractivity contribution in [3.8, 4) is 5.75 Å². The van der Waals surface area contributed by atoms with E-state index in [0.717, 1.165) is 21.7 Å². The van der Waals surface area contributed by atoms with Crippen LogP contribution in [-0.4, -0.2) is 10.8 Å². The number of nitrogens with one attached hydrogen (secondary N) is 1.